The van der Waals surface area contributed by atoms with E-state index in [1.165, 1.54) is 32.4 Å². The number of likely N-dealkylation sites (tertiary alicyclic amines) is 2. The Morgan fingerprint density at radius 1 is 1.32 bits per heavy atom. The highest BCUT2D eigenvalue weighted by molar-refractivity contribution is 5.76. The zero-order valence-electron chi connectivity index (χ0n) is 17.3. The molecule has 1 amide bonds. The Balaban J connectivity index is 1.21. The number of rotatable bonds is 5. The van der Waals surface area contributed by atoms with Crippen LogP contribution in [0.15, 0.2) is 24.5 Å². The number of hydrogen-bond acceptors (Lipinski definition) is 4. The molecule has 154 valence electrons. The largest absolute Gasteiger partial charge is 0.376 e. The van der Waals surface area contributed by atoms with E-state index in [0.717, 1.165) is 57.0 Å². The number of pyridine rings is 1. The quantitative estimate of drug-likeness (QED) is 0.781. The third-order valence-corrected chi connectivity index (χ3v) is 7.02. The predicted molar refractivity (Wildman–Crippen MR) is 110 cm³/mol. The van der Waals surface area contributed by atoms with Gasteiger partial charge in [-0.05, 0) is 68.0 Å². The number of nitrogens with zero attached hydrogens (tertiary/aromatic N) is 3. The van der Waals surface area contributed by atoms with Gasteiger partial charge in [-0.2, -0.15) is 0 Å². The van der Waals surface area contributed by atoms with Crippen molar-refractivity contribution in [1.29, 1.82) is 0 Å². The van der Waals surface area contributed by atoms with Crippen LogP contribution in [0.3, 0.4) is 0 Å². The molecule has 2 atom stereocenters. The summed E-state index contributed by atoms with van der Waals surface area (Å²) in [4.78, 5) is 21.4. The van der Waals surface area contributed by atoms with Crippen LogP contribution in [-0.2, 0) is 16.0 Å². The molecule has 4 rings (SSSR count). The first-order valence-electron chi connectivity index (χ1n) is 11.1. The zero-order chi connectivity index (χ0) is 19.4. The van der Waals surface area contributed by atoms with Gasteiger partial charge in [0.05, 0.1) is 12.7 Å². The van der Waals surface area contributed by atoms with E-state index in [9.17, 15) is 4.79 Å². The lowest BCUT2D eigenvalue weighted by Gasteiger charge is -2.39. The van der Waals surface area contributed by atoms with E-state index < -0.39 is 0 Å². The molecule has 0 aromatic carbocycles. The number of hydrogen-bond donors (Lipinski definition) is 0. The SMILES string of the molecule is C[C@@H]1CCCN(C[C@@H]2CC3(CCN(C(=O)CCc4cccnc4)CC3)CO2)C1. The zero-order valence-corrected chi connectivity index (χ0v) is 17.3. The molecule has 0 unspecified atom stereocenters. The van der Waals surface area contributed by atoms with Crippen LogP contribution in [0.25, 0.3) is 0 Å². The lowest BCUT2D eigenvalue weighted by molar-refractivity contribution is -0.133. The van der Waals surface area contributed by atoms with Gasteiger partial charge in [0.2, 0.25) is 5.91 Å². The lowest BCUT2D eigenvalue weighted by atomic mass is 9.76. The molecule has 3 saturated heterocycles. The van der Waals surface area contributed by atoms with Gasteiger partial charge in [0.25, 0.3) is 0 Å². The van der Waals surface area contributed by atoms with E-state index in [1.807, 2.05) is 18.3 Å². The van der Waals surface area contributed by atoms with Gasteiger partial charge in [-0.15, -0.1) is 0 Å². The van der Waals surface area contributed by atoms with Gasteiger partial charge in [-0.3, -0.25) is 9.78 Å². The second-order valence-corrected chi connectivity index (χ2v) is 9.39. The molecule has 3 fully saturated rings. The first-order valence-corrected chi connectivity index (χ1v) is 11.1. The summed E-state index contributed by atoms with van der Waals surface area (Å²) in [5, 5.41) is 0. The minimum absolute atomic E-state index is 0.288. The van der Waals surface area contributed by atoms with Crippen molar-refractivity contribution in [2.24, 2.45) is 11.3 Å². The van der Waals surface area contributed by atoms with Crippen molar-refractivity contribution in [3.63, 3.8) is 0 Å². The minimum atomic E-state index is 0.288. The van der Waals surface area contributed by atoms with Crippen LogP contribution in [0.5, 0.6) is 0 Å². The number of aromatic nitrogens is 1. The van der Waals surface area contributed by atoms with Gasteiger partial charge >= 0.3 is 0 Å². The van der Waals surface area contributed by atoms with Crippen LogP contribution in [0.2, 0.25) is 0 Å². The maximum Gasteiger partial charge on any atom is 0.222 e. The molecule has 0 saturated carbocycles. The van der Waals surface area contributed by atoms with Gasteiger partial charge in [0.15, 0.2) is 0 Å². The van der Waals surface area contributed by atoms with Crippen molar-refractivity contribution in [3.05, 3.63) is 30.1 Å². The Morgan fingerprint density at radius 3 is 2.93 bits per heavy atom. The first-order chi connectivity index (χ1) is 13.6. The summed E-state index contributed by atoms with van der Waals surface area (Å²) in [5.41, 5.74) is 1.45. The van der Waals surface area contributed by atoms with Crippen LogP contribution >= 0.6 is 0 Å². The molecule has 0 bridgehead atoms. The van der Waals surface area contributed by atoms with Crippen molar-refractivity contribution < 1.29 is 9.53 Å². The van der Waals surface area contributed by atoms with Crippen LogP contribution in [0.1, 0.15) is 51.0 Å². The second-order valence-electron chi connectivity index (χ2n) is 9.39. The minimum Gasteiger partial charge on any atom is -0.376 e. The molecule has 3 aliphatic rings. The van der Waals surface area contributed by atoms with Crippen LogP contribution in [0.4, 0.5) is 0 Å². The lowest BCUT2D eigenvalue weighted by Crippen LogP contribution is -2.44. The predicted octanol–water partition coefficient (Wildman–Crippen LogP) is 3.14. The highest BCUT2D eigenvalue weighted by atomic mass is 16.5. The smallest absolute Gasteiger partial charge is 0.222 e. The Labute approximate surface area is 169 Å². The molecular formula is C23H35N3O2. The summed E-state index contributed by atoms with van der Waals surface area (Å²) in [6.45, 7) is 8.59. The van der Waals surface area contributed by atoms with E-state index in [4.69, 9.17) is 4.74 Å². The molecule has 1 aromatic heterocycles. The van der Waals surface area contributed by atoms with Gasteiger partial charge < -0.3 is 14.5 Å². The number of ether oxygens (including phenoxy) is 1. The molecule has 4 heterocycles. The molecule has 5 heteroatoms. The number of carbonyl (C=O) groups excluding carboxylic acids is 1. The van der Waals surface area contributed by atoms with Gasteiger partial charge in [-0.25, -0.2) is 0 Å². The third-order valence-electron chi connectivity index (χ3n) is 7.02. The highest BCUT2D eigenvalue weighted by Crippen LogP contribution is 2.42. The average Bonchev–Trinajstić information content (AvgIpc) is 3.09. The Bertz CT molecular complexity index is 643. The standard InChI is InChI=1S/C23H35N3O2/c1-19-4-3-11-25(16-19)17-21-14-23(18-28-21)8-12-26(13-9-23)22(27)7-6-20-5-2-10-24-15-20/h2,5,10,15,19,21H,3-4,6-9,11-14,16-18H2,1H3/t19-,21+/m1/s1. The molecule has 0 N–H and O–H groups in total. The monoisotopic (exact) mass is 385 g/mol. The molecule has 1 spiro atoms. The third kappa shape index (κ3) is 4.93. The topological polar surface area (TPSA) is 45.7 Å². The summed E-state index contributed by atoms with van der Waals surface area (Å²) in [6, 6.07) is 3.98. The van der Waals surface area contributed by atoms with Gasteiger partial charge in [0, 0.05) is 45.0 Å². The van der Waals surface area contributed by atoms with Crippen LogP contribution in [0, 0.1) is 11.3 Å². The van der Waals surface area contributed by atoms with Crippen LogP contribution < -0.4 is 0 Å². The van der Waals surface area contributed by atoms with E-state index in [-0.39, 0.29) is 5.91 Å². The molecule has 0 aliphatic carbocycles. The van der Waals surface area contributed by atoms with Crippen LogP contribution in [-0.4, -0.2) is 66.1 Å². The molecule has 1 aromatic rings. The number of carbonyl (C=O) groups is 1. The average molecular weight is 386 g/mol. The molecule has 0 radical (unpaired) electrons. The summed E-state index contributed by atoms with van der Waals surface area (Å²) in [6.07, 6.45) is 11.5. The fourth-order valence-electron chi connectivity index (χ4n) is 5.29. The van der Waals surface area contributed by atoms with E-state index in [2.05, 4.69) is 21.7 Å². The summed E-state index contributed by atoms with van der Waals surface area (Å²) in [5.74, 6) is 1.11. The maximum absolute atomic E-state index is 12.6. The Morgan fingerprint density at radius 2 is 2.18 bits per heavy atom. The van der Waals surface area contributed by atoms with Gasteiger partial charge in [0.1, 0.15) is 0 Å². The number of aryl methyl sites for hydroxylation is 1. The van der Waals surface area contributed by atoms with Crippen molar-refractivity contribution >= 4 is 5.91 Å². The summed E-state index contributed by atoms with van der Waals surface area (Å²) >= 11 is 0. The van der Waals surface area contributed by atoms with Crippen molar-refractivity contribution in [1.82, 2.24) is 14.8 Å². The highest BCUT2D eigenvalue weighted by Gasteiger charge is 2.43. The van der Waals surface area contributed by atoms with Gasteiger partial charge in [-0.1, -0.05) is 13.0 Å². The molecule has 3 aliphatic heterocycles. The van der Waals surface area contributed by atoms with E-state index >= 15 is 0 Å². The summed E-state index contributed by atoms with van der Waals surface area (Å²) < 4.78 is 6.23. The summed E-state index contributed by atoms with van der Waals surface area (Å²) in [7, 11) is 0. The first kappa shape index (κ1) is 19.8. The van der Waals surface area contributed by atoms with Crippen molar-refractivity contribution in [3.8, 4) is 0 Å². The fraction of sp³-hybridized carbons (Fsp3) is 0.739. The Kier molecular flexibility index (Phi) is 6.32. The van der Waals surface area contributed by atoms with E-state index in [0.29, 0.717) is 17.9 Å². The normalized spacial score (nSPS) is 28.0. The number of piperidine rings is 2. The molecule has 28 heavy (non-hydrogen) atoms. The second kappa shape index (κ2) is 8.91. The molecular weight excluding hydrogens is 350 g/mol. The van der Waals surface area contributed by atoms with E-state index in [1.54, 1.807) is 6.20 Å². The fourth-order valence-corrected chi connectivity index (χ4v) is 5.29. The number of amides is 1. The van der Waals surface area contributed by atoms with Crippen molar-refractivity contribution in [2.75, 3.05) is 39.3 Å². The molecule has 5 nitrogen and oxygen atoms in total. The van der Waals surface area contributed by atoms with Crippen molar-refractivity contribution in [2.45, 2.75) is 58.0 Å². The Hall–Kier alpha value is -1.46. The maximum atomic E-state index is 12.6.